The molecule has 0 bridgehead atoms. The van der Waals surface area contributed by atoms with Gasteiger partial charge in [-0.1, -0.05) is 0 Å². The summed E-state index contributed by atoms with van der Waals surface area (Å²) in [5.74, 6) is 0.903. The number of benzene rings is 1. The number of hydrogen-bond donors (Lipinski definition) is 2. The zero-order valence-corrected chi connectivity index (χ0v) is 8.79. The molecule has 0 radical (unpaired) electrons. The first-order valence-corrected chi connectivity index (χ1v) is 5.10. The standard InChI is InChI=1S/C12H9N3O2/c16-9-3-1-8(2-4-9)12-14-13-11-7-10(17)5-6-15(11)12/h1-7,13,16H. The first-order valence-electron chi connectivity index (χ1n) is 5.10. The van der Waals surface area contributed by atoms with Gasteiger partial charge in [-0.15, -0.1) is 0 Å². The smallest absolute Gasteiger partial charge is 0.183 e. The van der Waals surface area contributed by atoms with Gasteiger partial charge in [-0.3, -0.25) is 14.3 Å². The lowest BCUT2D eigenvalue weighted by Gasteiger charge is -1.99. The Balaban J connectivity index is 2.24. The van der Waals surface area contributed by atoms with Crippen molar-refractivity contribution < 1.29 is 5.11 Å². The summed E-state index contributed by atoms with van der Waals surface area (Å²) >= 11 is 0. The fourth-order valence-corrected chi connectivity index (χ4v) is 1.73. The summed E-state index contributed by atoms with van der Waals surface area (Å²) in [5, 5.41) is 16.2. The molecule has 2 aromatic heterocycles. The number of hydrogen-bond acceptors (Lipinski definition) is 3. The second kappa shape index (κ2) is 3.48. The number of phenols is 1. The number of phenolic OH excluding ortho intramolecular Hbond substituents is 1. The third-order valence-corrected chi connectivity index (χ3v) is 2.56. The molecule has 0 saturated carbocycles. The van der Waals surface area contributed by atoms with Gasteiger partial charge in [0.2, 0.25) is 0 Å². The third-order valence-electron chi connectivity index (χ3n) is 2.56. The predicted octanol–water partition coefficient (Wildman–Crippen LogP) is 1.40. The van der Waals surface area contributed by atoms with E-state index in [2.05, 4.69) is 10.2 Å². The summed E-state index contributed by atoms with van der Waals surface area (Å²) in [4.78, 5) is 11.2. The van der Waals surface area contributed by atoms with Gasteiger partial charge in [0.1, 0.15) is 11.4 Å². The van der Waals surface area contributed by atoms with E-state index in [-0.39, 0.29) is 11.2 Å². The number of aromatic nitrogens is 3. The normalized spacial score (nSPS) is 10.8. The highest BCUT2D eigenvalue weighted by molar-refractivity contribution is 5.60. The van der Waals surface area contributed by atoms with Crippen molar-refractivity contribution in [2.45, 2.75) is 0 Å². The minimum Gasteiger partial charge on any atom is -0.508 e. The summed E-state index contributed by atoms with van der Waals surface area (Å²) in [6.07, 6.45) is 1.67. The van der Waals surface area contributed by atoms with Crippen LogP contribution in [0.15, 0.2) is 47.4 Å². The predicted molar refractivity (Wildman–Crippen MR) is 62.9 cm³/mol. The Morgan fingerprint density at radius 1 is 1.18 bits per heavy atom. The highest BCUT2D eigenvalue weighted by Gasteiger charge is 2.06. The number of nitrogens with zero attached hydrogens (tertiary/aromatic N) is 2. The van der Waals surface area contributed by atoms with Gasteiger partial charge in [-0.05, 0) is 24.3 Å². The highest BCUT2D eigenvalue weighted by atomic mass is 16.3. The molecule has 0 amide bonds. The average Bonchev–Trinajstić information content (AvgIpc) is 2.73. The summed E-state index contributed by atoms with van der Waals surface area (Å²) in [5.41, 5.74) is 1.43. The van der Waals surface area contributed by atoms with Crippen LogP contribution >= 0.6 is 0 Å². The highest BCUT2D eigenvalue weighted by Crippen LogP contribution is 2.20. The van der Waals surface area contributed by atoms with Crippen LogP contribution in [0.2, 0.25) is 0 Å². The van der Waals surface area contributed by atoms with Crippen LogP contribution in [-0.4, -0.2) is 19.7 Å². The number of nitrogens with one attached hydrogen (secondary N) is 1. The van der Waals surface area contributed by atoms with Crippen molar-refractivity contribution in [3.63, 3.8) is 0 Å². The van der Waals surface area contributed by atoms with Crippen LogP contribution in [0.4, 0.5) is 0 Å². The molecule has 0 fully saturated rings. The van der Waals surface area contributed by atoms with Crippen LogP contribution in [-0.2, 0) is 0 Å². The van der Waals surface area contributed by atoms with Crippen LogP contribution in [0, 0.1) is 0 Å². The molecule has 0 aliphatic carbocycles. The lowest BCUT2D eigenvalue weighted by Crippen LogP contribution is -1.99. The van der Waals surface area contributed by atoms with Crippen molar-refractivity contribution >= 4 is 5.65 Å². The topological polar surface area (TPSA) is 70.4 Å². The fraction of sp³-hybridized carbons (Fsp3) is 0. The van der Waals surface area contributed by atoms with E-state index in [4.69, 9.17) is 0 Å². The number of aromatic hydroxyl groups is 1. The van der Waals surface area contributed by atoms with Gasteiger partial charge in [0.25, 0.3) is 0 Å². The van der Waals surface area contributed by atoms with E-state index >= 15 is 0 Å². The average molecular weight is 227 g/mol. The molecule has 0 atom stereocenters. The van der Waals surface area contributed by atoms with E-state index in [0.717, 1.165) is 5.56 Å². The Morgan fingerprint density at radius 3 is 2.71 bits per heavy atom. The van der Waals surface area contributed by atoms with E-state index in [9.17, 15) is 9.90 Å². The largest absolute Gasteiger partial charge is 0.508 e. The zero-order valence-electron chi connectivity index (χ0n) is 8.79. The minimum atomic E-state index is -0.0640. The molecule has 0 aliphatic heterocycles. The summed E-state index contributed by atoms with van der Waals surface area (Å²) in [6, 6.07) is 9.69. The van der Waals surface area contributed by atoms with Gasteiger partial charge in [-0.2, -0.15) is 5.10 Å². The van der Waals surface area contributed by atoms with Gasteiger partial charge in [-0.25, -0.2) is 0 Å². The summed E-state index contributed by atoms with van der Waals surface area (Å²) in [7, 11) is 0. The second-order valence-corrected chi connectivity index (χ2v) is 3.71. The fourth-order valence-electron chi connectivity index (χ4n) is 1.73. The van der Waals surface area contributed by atoms with Crippen molar-refractivity contribution in [1.82, 2.24) is 14.6 Å². The maximum absolute atomic E-state index is 11.2. The maximum atomic E-state index is 11.2. The van der Waals surface area contributed by atoms with Crippen molar-refractivity contribution in [2.24, 2.45) is 0 Å². The van der Waals surface area contributed by atoms with E-state index < -0.39 is 0 Å². The number of rotatable bonds is 1. The molecule has 2 heterocycles. The minimum absolute atomic E-state index is 0.0640. The van der Waals surface area contributed by atoms with Crippen molar-refractivity contribution in [1.29, 1.82) is 0 Å². The SMILES string of the molecule is O=c1ccn2c(-c3ccc(O)cc3)n[nH]c2c1. The molecule has 0 saturated heterocycles. The van der Waals surface area contributed by atoms with Crippen molar-refractivity contribution in [3.05, 3.63) is 52.8 Å². The Hall–Kier alpha value is -2.56. The zero-order chi connectivity index (χ0) is 11.8. The lowest BCUT2D eigenvalue weighted by atomic mass is 10.2. The van der Waals surface area contributed by atoms with E-state index in [1.54, 1.807) is 34.9 Å². The molecule has 3 aromatic rings. The Bertz CT molecular complexity index is 725. The Kier molecular flexibility index (Phi) is 1.98. The number of fused-ring (bicyclic) bond motifs is 1. The molecule has 2 N–H and O–H groups in total. The molecule has 0 unspecified atom stereocenters. The number of aromatic amines is 1. The lowest BCUT2D eigenvalue weighted by molar-refractivity contribution is 0.475. The molecule has 84 valence electrons. The van der Waals surface area contributed by atoms with Crippen LogP contribution in [0.5, 0.6) is 5.75 Å². The quantitative estimate of drug-likeness (QED) is 0.660. The molecule has 17 heavy (non-hydrogen) atoms. The van der Waals surface area contributed by atoms with Gasteiger partial charge in [0.15, 0.2) is 11.3 Å². The van der Waals surface area contributed by atoms with Crippen LogP contribution < -0.4 is 5.43 Å². The van der Waals surface area contributed by atoms with Gasteiger partial charge >= 0.3 is 0 Å². The Labute approximate surface area is 96.0 Å². The monoisotopic (exact) mass is 227 g/mol. The molecule has 0 aliphatic rings. The first-order chi connectivity index (χ1) is 8.24. The van der Waals surface area contributed by atoms with Crippen molar-refractivity contribution in [2.75, 3.05) is 0 Å². The molecule has 3 rings (SSSR count). The molecule has 5 nitrogen and oxygen atoms in total. The second-order valence-electron chi connectivity index (χ2n) is 3.71. The van der Waals surface area contributed by atoms with Crippen LogP contribution in [0.1, 0.15) is 0 Å². The van der Waals surface area contributed by atoms with Gasteiger partial charge in [0.05, 0.1) is 0 Å². The van der Waals surface area contributed by atoms with E-state index in [0.29, 0.717) is 11.5 Å². The summed E-state index contributed by atoms with van der Waals surface area (Å²) < 4.78 is 1.79. The van der Waals surface area contributed by atoms with E-state index in [1.807, 2.05) is 0 Å². The molecule has 0 spiro atoms. The first kappa shape index (κ1) is 9.65. The maximum Gasteiger partial charge on any atom is 0.183 e. The summed E-state index contributed by atoms with van der Waals surface area (Å²) in [6.45, 7) is 0. The van der Waals surface area contributed by atoms with Crippen molar-refractivity contribution in [3.8, 4) is 17.1 Å². The Morgan fingerprint density at radius 2 is 1.94 bits per heavy atom. The molecule has 5 heteroatoms. The molecular formula is C12H9N3O2. The van der Waals surface area contributed by atoms with Crippen LogP contribution in [0.25, 0.3) is 17.0 Å². The molecular weight excluding hydrogens is 218 g/mol. The van der Waals surface area contributed by atoms with E-state index in [1.165, 1.54) is 12.1 Å². The number of H-pyrrole nitrogens is 1. The molecule has 1 aromatic carbocycles. The third kappa shape index (κ3) is 1.57. The van der Waals surface area contributed by atoms with Crippen LogP contribution in [0.3, 0.4) is 0 Å². The number of pyridine rings is 1. The van der Waals surface area contributed by atoms with Gasteiger partial charge < -0.3 is 5.11 Å². The van der Waals surface area contributed by atoms with Gasteiger partial charge in [0, 0.05) is 23.9 Å².